The fraction of sp³-hybridized carbons (Fsp3) is 0.571. The van der Waals surface area contributed by atoms with Gasteiger partial charge in [0, 0.05) is 36.2 Å². The van der Waals surface area contributed by atoms with Crippen LogP contribution in [0.25, 0.3) is 0 Å². The number of hydrogen-bond donors (Lipinski definition) is 1. The Kier molecular flexibility index (Phi) is 3.95. The minimum Gasteiger partial charge on any atom is -0.314 e. The van der Waals surface area contributed by atoms with Crippen LogP contribution in [-0.4, -0.2) is 30.1 Å². The number of benzene rings is 1. The minimum absolute atomic E-state index is 0.0788. The second kappa shape index (κ2) is 5.16. The van der Waals surface area contributed by atoms with Gasteiger partial charge in [0.15, 0.2) is 0 Å². The lowest BCUT2D eigenvalue weighted by Crippen LogP contribution is -2.58. The van der Waals surface area contributed by atoms with Gasteiger partial charge < -0.3 is 5.32 Å². The average molecular weight is 271 g/mol. The van der Waals surface area contributed by atoms with Gasteiger partial charge in [0.25, 0.3) is 0 Å². The predicted molar refractivity (Wildman–Crippen MR) is 73.5 cm³/mol. The van der Waals surface area contributed by atoms with Crippen molar-refractivity contribution in [2.24, 2.45) is 0 Å². The fourth-order valence-electron chi connectivity index (χ4n) is 2.72. The van der Waals surface area contributed by atoms with Crippen LogP contribution < -0.4 is 5.32 Å². The molecule has 0 aromatic heterocycles. The number of halogens is 2. The van der Waals surface area contributed by atoms with E-state index in [0.717, 1.165) is 25.2 Å². The highest BCUT2D eigenvalue weighted by Crippen LogP contribution is 2.33. The molecule has 1 heterocycles. The molecular weight excluding hydrogens is 251 g/mol. The molecule has 1 unspecified atom stereocenters. The largest absolute Gasteiger partial charge is 0.314 e. The number of nitrogens with one attached hydrogen (secondary N) is 1. The third-order valence-corrected chi connectivity index (χ3v) is 4.07. The first-order chi connectivity index (χ1) is 8.42. The summed E-state index contributed by atoms with van der Waals surface area (Å²) in [5, 5.41) is 3.91. The molecule has 18 heavy (non-hydrogen) atoms. The van der Waals surface area contributed by atoms with E-state index in [1.165, 1.54) is 12.1 Å². The molecule has 100 valence electrons. The van der Waals surface area contributed by atoms with Crippen LogP contribution >= 0.6 is 11.6 Å². The van der Waals surface area contributed by atoms with E-state index in [1.54, 1.807) is 6.07 Å². The SMILES string of the molecule is CC(c1ccc(F)cc1Cl)N1CCNCC1(C)C. The van der Waals surface area contributed by atoms with E-state index in [-0.39, 0.29) is 17.4 Å². The van der Waals surface area contributed by atoms with Crippen molar-refractivity contribution in [3.63, 3.8) is 0 Å². The van der Waals surface area contributed by atoms with E-state index < -0.39 is 0 Å². The van der Waals surface area contributed by atoms with Crippen molar-refractivity contribution in [1.82, 2.24) is 10.2 Å². The second-order valence-corrected chi connectivity index (χ2v) is 5.93. The molecule has 1 aromatic rings. The normalized spacial score (nSPS) is 21.8. The Hall–Kier alpha value is -0.640. The maximum absolute atomic E-state index is 13.1. The zero-order valence-electron chi connectivity index (χ0n) is 11.1. The van der Waals surface area contributed by atoms with Crippen LogP contribution in [0.4, 0.5) is 4.39 Å². The molecule has 1 atom stereocenters. The number of piperazine rings is 1. The van der Waals surface area contributed by atoms with Crippen molar-refractivity contribution in [1.29, 1.82) is 0 Å². The molecular formula is C14H20ClFN2. The predicted octanol–water partition coefficient (Wildman–Crippen LogP) is 3.22. The van der Waals surface area contributed by atoms with Gasteiger partial charge in [0.05, 0.1) is 0 Å². The molecule has 1 aliphatic heterocycles. The van der Waals surface area contributed by atoms with E-state index in [4.69, 9.17) is 11.6 Å². The summed E-state index contributed by atoms with van der Waals surface area (Å²) in [7, 11) is 0. The molecule has 0 spiro atoms. The lowest BCUT2D eigenvalue weighted by Gasteiger charge is -2.46. The van der Waals surface area contributed by atoms with Crippen molar-refractivity contribution >= 4 is 11.6 Å². The monoisotopic (exact) mass is 270 g/mol. The van der Waals surface area contributed by atoms with Crippen LogP contribution in [0, 0.1) is 5.82 Å². The molecule has 1 fully saturated rings. The number of nitrogens with zero attached hydrogens (tertiary/aromatic N) is 1. The first kappa shape index (κ1) is 13.8. The summed E-state index contributed by atoms with van der Waals surface area (Å²) in [5.41, 5.74) is 1.07. The summed E-state index contributed by atoms with van der Waals surface area (Å²) in [4.78, 5) is 2.42. The van der Waals surface area contributed by atoms with E-state index in [9.17, 15) is 4.39 Å². The van der Waals surface area contributed by atoms with Crippen LogP contribution in [0.3, 0.4) is 0 Å². The van der Waals surface area contributed by atoms with Gasteiger partial charge in [-0.15, -0.1) is 0 Å². The Bertz CT molecular complexity index is 434. The molecule has 1 saturated heterocycles. The van der Waals surface area contributed by atoms with Crippen molar-refractivity contribution in [3.05, 3.63) is 34.6 Å². The summed E-state index contributed by atoms with van der Waals surface area (Å²) < 4.78 is 13.1. The molecule has 0 saturated carbocycles. The van der Waals surface area contributed by atoms with Gasteiger partial charge in [-0.25, -0.2) is 4.39 Å². The van der Waals surface area contributed by atoms with Crippen LogP contribution in [0.2, 0.25) is 5.02 Å². The minimum atomic E-state index is -0.282. The topological polar surface area (TPSA) is 15.3 Å². The van der Waals surface area contributed by atoms with Gasteiger partial charge >= 0.3 is 0 Å². The van der Waals surface area contributed by atoms with E-state index >= 15 is 0 Å². The summed E-state index contributed by atoms with van der Waals surface area (Å²) >= 11 is 6.15. The lowest BCUT2D eigenvalue weighted by molar-refractivity contribution is 0.0517. The Morgan fingerprint density at radius 1 is 1.44 bits per heavy atom. The molecule has 0 amide bonds. The Labute approximate surface area is 113 Å². The van der Waals surface area contributed by atoms with Gasteiger partial charge in [-0.1, -0.05) is 17.7 Å². The highest BCUT2D eigenvalue weighted by molar-refractivity contribution is 6.31. The van der Waals surface area contributed by atoms with Gasteiger partial charge in [0.2, 0.25) is 0 Å². The first-order valence-corrected chi connectivity index (χ1v) is 6.72. The summed E-state index contributed by atoms with van der Waals surface area (Å²) in [6.45, 7) is 9.47. The molecule has 2 rings (SSSR count). The Balaban J connectivity index is 2.27. The van der Waals surface area contributed by atoms with Crippen molar-refractivity contribution in [3.8, 4) is 0 Å². The highest BCUT2D eigenvalue weighted by atomic mass is 35.5. The second-order valence-electron chi connectivity index (χ2n) is 5.52. The third-order valence-electron chi connectivity index (χ3n) is 3.74. The molecule has 2 nitrogen and oxygen atoms in total. The van der Waals surface area contributed by atoms with Crippen LogP contribution in [-0.2, 0) is 0 Å². The van der Waals surface area contributed by atoms with Crippen LogP contribution in [0.15, 0.2) is 18.2 Å². The summed E-state index contributed by atoms with van der Waals surface area (Å²) in [5.74, 6) is -0.282. The van der Waals surface area contributed by atoms with E-state index in [1.807, 2.05) is 0 Å². The van der Waals surface area contributed by atoms with E-state index in [0.29, 0.717) is 5.02 Å². The molecule has 4 heteroatoms. The molecule has 0 radical (unpaired) electrons. The Morgan fingerprint density at radius 2 is 2.17 bits per heavy atom. The van der Waals surface area contributed by atoms with Crippen LogP contribution in [0.1, 0.15) is 32.4 Å². The molecule has 0 aliphatic carbocycles. The smallest absolute Gasteiger partial charge is 0.124 e. The molecule has 1 aliphatic rings. The first-order valence-electron chi connectivity index (χ1n) is 6.34. The van der Waals surface area contributed by atoms with E-state index in [2.05, 4.69) is 31.0 Å². The zero-order chi connectivity index (χ0) is 13.3. The third kappa shape index (κ3) is 2.68. The molecule has 1 aromatic carbocycles. The van der Waals surface area contributed by atoms with Crippen molar-refractivity contribution in [2.45, 2.75) is 32.4 Å². The summed E-state index contributed by atoms with van der Waals surface area (Å²) in [6, 6.07) is 4.85. The van der Waals surface area contributed by atoms with Crippen LogP contribution in [0.5, 0.6) is 0 Å². The number of rotatable bonds is 2. The summed E-state index contributed by atoms with van der Waals surface area (Å²) in [6.07, 6.45) is 0. The Morgan fingerprint density at radius 3 is 2.78 bits per heavy atom. The maximum atomic E-state index is 13.1. The van der Waals surface area contributed by atoms with Crippen molar-refractivity contribution in [2.75, 3.05) is 19.6 Å². The van der Waals surface area contributed by atoms with Crippen molar-refractivity contribution < 1.29 is 4.39 Å². The van der Waals surface area contributed by atoms with Gasteiger partial charge in [-0.2, -0.15) is 0 Å². The maximum Gasteiger partial charge on any atom is 0.124 e. The zero-order valence-corrected chi connectivity index (χ0v) is 11.9. The quantitative estimate of drug-likeness (QED) is 0.888. The highest BCUT2D eigenvalue weighted by Gasteiger charge is 2.33. The molecule has 1 N–H and O–H groups in total. The van der Waals surface area contributed by atoms with Gasteiger partial charge in [0.1, 0.15) is 5.82 Å². The average Bonchev–Trinajstić information content (AvgIpc) is 2.27. The van der Waals surface area contributed by atoms with Gasteiger partial charge in [-0.3, -0.25) is 4.90 Å². The fourth-order valence-corrected chi connectivity index (χ4v) is 3.05. The molecule has 0 bridgehead atoms. The van der Waals surface area contributed by atoms with Gasteiger partial charge in [-0.05, 0) is 38.5 Å². The number of hydrogen-bond acceptors (Lipinski definition) is 2. The standard InChI is InChI=1S/C14H20ClFN2/c1-10(12-5-4-11(16)8-13(12)15)18-7-6-17-9-14(18,2)3/h4-5,8,10,17H,6-7,9H2,1-3H3. The lowest BCUT2D eigenvalue weighted by atomic mass is 9.95.